The molecule has 0 aliphatic carbocycles. The average Bonchev–Trinajstić information content (AvgIpc) is 2.34. The SMILES string of the molecule is CNCCCCS(=O)(=O)NC(C)c1cccc(Cl)c1. The summed E-state index contributed by atoms with van der Waals surface area (Å²) in [5.41, 5.74) is 0.867. The van der Waals surface area contributed by atoms with Crippen molar-refractivity contribution in [3.63, 3.8) is 0 Å². The van der Waals surface area contributed by atoms with E-state index in [2.05, 4.69) is 10.0 Å². The number of hydrogen-bond acceptors (Lipinski definition) is 3. The van der Waals surface area contributed by atoms with Crippen LogP contribution in [-0.2, 0) is 10.0 Å². The highest BCUT2D eigenvalue weighted by atomic mass is 35.5. The molecule has 108 valence electrons. The molecule has 0 fully saturated rings. The first-order valence-corrected chi connectivity index (χ1v) is 8.37. The van der Waals surface area contributed by atoms with E-state index in [1.165, 1.54) is 0 Å². The molecular weight excluding hydrogens is 284 g/mol. The van der Waals surface area contributed by atoms with Crippen molar-refractivity contribution in [2.75, 3.05) is 19.3 Å². The highest BCUT2D eigenvalue weighted by Gasteiger charge is 2.15. The van der Waals surface area contributed by atoms with E-state index in [0.717, 1.165) is 18.5 Å². The van der Waals surface area contributed by atoms with Gasteiger partial charge in [0.2, 0.25) is 10.0 Å². The zero-order valence-corrected chi connectivity index (χ0v) is 12.9. The molecule has 1 unspecified atom stereocenters. The standard InChI is InChI=1S/C13H21ClN2O2S/c1-11(12-6-5-7-13(14)10-12)16-19(17,18)9-4-3-8-15-2/h5-7,10-11,15-16H,3-4,8-9H2,1-2H3. The van der Waals surface area contributed by atoms with Gasteiger partial charge in [0.1, 0.15) is 0 Å². The molecular formula is C13H21ClN2O2S. The van der Waals surface area contributed by atoms with Crippen LogP contribution >= 0.6 is 11.6 Å². The normalized spacial score (nSPS) is 13.4. The van der Waals surface area contributed by atoms with Crippen molar-refractivity contribution in [1.29, 1.82) is 0 Å². The molecule has 19 heavy (non-hydrogen) atoms. The third-order valence-electron chi connectivity index (χ3n) is 2.79. The summed E-state index contributed by atoms with van der Waals surface area (Å²) in [5.74, 6) is 0.152. The quantitative estimate of drug-likeness (QED) is 0.725. The first-order valence-electron chi connectivity index (χ1n) is 6.34. The number of unbranched alkanes of at least 4 members (excludes halogenated alkanes) is 1. The second kappa shape index (κ2) is 7.85. The second-order valence-corrected chi connectivity index (χ2v) is 6.83. The zero-order chi connectivity index (χ0) is 14.3. The van der Waals surface area contributed by atoms with Crippen LogP contribution in [-0.4, -0.2) is 27.8 Å². The lowest BCUT2D eigenvalue weighted by Gasteiger charge is -2.14. The predicted octanol–water partition coefficient (Wildman–Crippen LogP) is 2.32. The van der Waals surface area contributed by atoms with Crippen molar-refractivity contribution in [3.8, 4) is 0 Å². The number of nitrogens with one attached hydrogen (secondary N) is 2. The van der Waals surface area contributed by atoms with Crippen molar-refractivity contribution >= 4 is 21.6 Å². The molecule has 1 rings (SSSR count). The molecule has 0 aliphatic rings. The lowest BCUT2D eigenvalue weighted by atomic mass is 10.1. The van der Waals surface area contributed by atoms with Gasteiger partial charge < -0.3 is 5.32 Å². The molecule has 1 aromatic carbocycles. The minimum Gasteiger partial charge on any atom is -0.320 e. The summed E-state index contributed by atoms with van der Waals surface area (Å²) in [4.78, 5) is 0. The Morgan fingerprint density at radius 1 is 1.32 bits per heavy atom. The van der Waals surface area contributed by atoms with Gasteiger partial charge in [-0.15, -0.1) is 0 Å². The molecule has 2 N–H and O–H groups in total. The summed E-state index contributed by atoms with van der Waals surface area (Å²) >= 11 is 5.89. The smallest absolute Gasteiger partial charge is 0.212 e. The third kappa shape index (κ3) is 6.38. The molecule has 0 aliphatic heterocycles. The van der Waals surface area contributed by atoms with Gasteiger partial charge in [-0.3, -0.25) is 0 Å². The van der Waals surface area contributed by atoms with E-state index in [1.807, 2.05) is 26.1 Å². The number of halogens is 1. The number of sulfonamides is 1. The molecule has 1 atom stereocenters. The van der Waals surface area contributed by atoms with Gasteiger partial charge in [-0.2, -0.15) is 0 Å². The Hall–Kier alpha value is -0.620. The maximum Gasteiger partial charge on any atom is 0.212 e. The van der Waals surface area contributed by atoms with Crippen LogP contribution in [0.3, 0.4) is 0 Å². The molecule has 0 spiro atoms. The Bertz CT molecular complexity index is 491. The van der Waals surface area contributed by atoms with Gasteiger partial charge in [0, 0.05) is 11.1 Å². The Kier molecular flexibility index (Phi) is 6.79. The molecule has 0 aromatic heterocycles. The van der Waals surface area contributed by atoms with Crippen LogP contribution in [0.1, 0.15) is 31.4 Å². The average molecular weight is 305 g/mol. The van der Waals surface area contributed by atoms with Crippen molar-refractivity contribution in [2.45, 2.75) is 25.8 Å². The van der Waals surface area contributed by atoms with Gasteiger partial charge >= 0.3 is 0 Å². The number of rotatable bonds is 8. The monoisotopic (exact) mass is 304 g/mol. The van der Waals surface area contributed by atoms with Gasteiger partial charge in [0.05, 0.1) is 5.75 Å². The topological polar surface area (TPSA) is 58.2 Å². The zero-order valence-electron chi connectivity index (χ0n) is 11.3. The molecule has 0 amide bonds. The Morgan fingerprint density at radius 3 is 2.68 bits per heavy atom. The van der Waals surface area contributed by atoms with Crippen LogP contribution in [0.2, 0.25) is 5.02 Å². The van der Waals surface area contributed by atoms with E-state index in [4.69, 9.17) is 11.6 Å². The molecule has 0 radical (unpaired) electrons. The van der Waals surface area contributed by atoms with E-state index in [9.17, 15) is 8.42 Å². The van der Waals surface area contributed by atoms with Crippen molar-refractivity contribution in [3.05, 3.63) is 34.9 Å². The number of hydrogen-bond donors (Lipinski definition) is 2. The lowest BCUT2D eigenvalue weighted by Crippen LogP contribution is -2.29. The first-order chi connectivity index (χ1) is 8.94. The fourth-order valence-corrected chi connectivity index (χ4v) is 3.34. The van der Waals surface area contributed by atoms with E-state index >= 15 is 0 Å². The predicted molar refractivity (Wildman–Crippen MR) is 80.0 cm³/mol. The third-order valence-corrected chi connectivity index (χ3v) is 4.57. The van der Waals surface area contributed by atoms with Crippen LogP contribution in [0.25, 0.3) is 0 Å². The molecule has 4 nitrogen and oxygen atoms in total. The van der Waals surface area contributed by atoms with Gasteiger partial charge in [0.15, 0.2) is 0 Å². The first kappa shape index (κ1) is 16.4. The minimum absolute atomic E-state index is 0.152. The Balaban J connectivity index is 2.53. The molecule has 0 saturated heterocycles. The number of benzene rings is 1. The van der Waals surface area contributed by atoms with Crippen LogP contribution in [0.4, 0.5) is 0 Å². The summed E-state index contributed by atoms with van der Waals surface area (Å²) in [6.07, 6.45) is 1.50. The maximum absolute atomic E-state index is 11.9. The van der Waals surface area contributed by atoms with Gasteiger partial charge in [0.25, 0.3) is 0 Å². The van der Waals surface area contributed by atoms with Crippen LogP contribution in [0, 0.1) is 0 Å². The molecule has 1 aromatic rings. The maximum atomic E-state index is 11.9. The molecule has 0 saturated carbocycles. The van der Waals surface area contributed by atoms with E-state index in [0.29, 0.717) is 11.4 Å². The van der Waals surface area contributed by atoms with E-state index in [1.54, 1.807) is 12.1 Å². The van der Waals surface area contributed by atoms with Gasteiger partial charge in [-0.25, -0.2) is 13.1 Å². The highest BCUT2D eigenvalue weighted by molar-refractivity contribution is 7.89. The highest BCUT2D eigenvalue weighted by Crippen LogP contribution is 2.18. The fourth-order valence-electron chi connectivity index (χ4n) is 1.77. The van der Waals surface area contributed by atoms with Crippen LogP contribution in [0.5, 0.6) is 0 Å². The largest absolute Gasteiger partial charge is 0.320 e. The van der Waals surface area contributed by atoms with Crippen molar-refractivity contribution in [1.82, 2.24) is 10.0 Å². The minimum atomic E-state index is -3.24. The summed E-state index contributed by atoms with van der Waals surface area (Å²) in [7, 11) is -1.39. The van der Waals surface area contributed by atoms with Crippen LogP contribution in [0.15, 0.2) is 24.3 Å². The van der Waals surface area contributed by atoms with E-state index in [-0.39, 0.29) is 11.8 Å². The summed E-state index contributed by atoms with van der Waals surface area (Å²) < 4.78 is 26.5. The Morgan fingerprint density at radius 2 is 2.05 bits per heavy atom. The summed E-state index contributed by atoms with van der Waals surface area (Å²) in [6.45, 7) is 2.65. The Labute approximate surface area is 120 Å². The van der Waals surface area contributed by atoms with Crippen LogP contribution < -0.4 is 10.0 Å². The second-order valence-electron chi connectivity index (χ2n) is 4.52. The lowest BCUT2D eigenvalue weighted by molar-refractivity contribution is 0.562. The molecule has 0 bridgehead atoms. The molecule has 0 heterocycles. The van der Waals surface area contributed by atoms with Gasteiger partial charge in [-0.05, 0) is 51.1 Å². The molecule has 6 heteroatoms. The van der Waals surface area contributed by atoms with Crippen molar-refractivity contribution in [2.24, 2.45) is 0 Å². The fraction of sp³-hybridized carbons (Fsp3) is 0.538. The summed E-state index contributed by atoms with van der Waals surface area (Å²) in [5, 5.41) is 3.61. The van der Waals surface area contributed by atoms with Crippen molar-refractivity contribution < 1.29 is 8.42 Å². The summed E-state index contributed by atoms with van der Waals surface area (Å²) in [6, 6.07) is 6.95. The van der Waals surface area contributed by atoms with Gasteiger partial charge in [-0.1, -0.05) is 23.7 Å². The van der Waals surface area contributed by atoms with E-state index < -0.39 is 10.0 Å².